The van der Waals surface area contributed by atoms with E-state index in [0.717, 1.165) is 193 Å². The molecule has 0 aliphatic carbocycles. The second kappa shape index (κ2) is 31.5. The van der Waals surface area contributed by atoms with E-state index in [-0.39, 0.29) is 0 Å². The van der Waals surface area contributed by atoms with E-state index in [1.165, 1.54) is 72.7 Å². The minimum absolute atomic E-state index is 0.495. The summed E-state index contributed by atoms with van der Waals surface area (Å²) in [4.78, 5) is 33.8. The molecule has 0 radical (unpaired) electrons. The summed E-state index contributed by atoms with van der Waals surface area (Å²) in [5.41, 5.74) is 25.2. The summed E-state index contributed by atoms with van der Waals surface area (Å²) in [5.74, 6) is 3.24. The van der Waals surface area contributed by atoms with Gasteiger partial charge < -0.3 is 18.0 Å². The Labute approximate surface area is 819 Å². The van der Waals surface area contributed by atoms with E-state index in [9.17, 15) is 0 Å². The van der Waals surface area contributed by atoms with Crippen molar-refractivity contribution in [2.45, 2.75) is 0 Å². The summed E-state index contributed by atoms with van der Waals surface area (Å²) < 4.78 is 23.5. The summed E-state index contributed by atoms with van der Waals surface area (Å²) in [6.07, 6.45) is 0. The number of fused-ring (bicyclic) bond motifs is 24. The Hall–Kier alpha value is -18.5. The highest BCUT2D eigenvalue weighted by molar-refractivity contribution is 7.26. The fourth-order valence-electron chi connectivity index (χ4n) is 22.4. The first-order chi connectivity index (χ1) is 70.3. The molecule has 0 aliphatic rings. The van der Waals surface area contributed by atoms with Crippen LogP contribution in [0.2, 0.25) is 0 Å². The number of thiophene rings is 2. The van der Waals surface area contributed by atoms with Gasteiger partial charge in [-0.05, 0) is 232 Å². The lowest BCUT2D eigenvalue weighted by Crippen LogP contribution is -2.03. The minimum Gasteiger partial charge on any atom is -0.456 e. The molecule has 22 aromatic carbocycles. The molecule has 0 saturated carbocycles. The lowest BCUT2D eigenvalue weighted by Gasteiger charge is -2.17. The summed E-state index contributed by atoms with van der Waals surface area (Å²) in [6.45, 7) is 0. The van der Waals surface area contributed by atoms with E-state index in [4.69, 9.17) is 38.7 Å². The van der Waals surface area contributed by atoms with Crippen LogP contribution in [0, 0.1) is 0 Å². The Morgan fingerprint density at radius 1 is 0.162 bits per heavy atom. The quantitative estimate of drug-likeness (QED) is 0.112. The van der Waals surface area contributed by atoms with Gasteiger partial charge in [-0.15, -0.1) is 22.7 Å². The van der Waals surface area contributed by atoms with Crippen molar-refractivity contribution >= 4 is 194 Å². The molecule has 0 aliphatic heterocycles. The number of para-hydroxylation sites is 1. The molecule has 0 bridgehead atoms. The smallest absolute Gasteiger partial charge is 0.164 e. The Morgan fingerprint density at radius 3 is 1.06 bits per heavy atom. The van der Waals surface area contributed by atoms with Crippen LogP contribution in [0.5, 0.6) is 0 Å². The highest BCUT2D eigenvalue weighted by Crippen LogP contribution is 2.52. The number of hydrogen-bond acceptors (Lipinski definition) is 10. The second-order valence-electron chi connectivity index (χ2n) is 37.0. The Kier molecular flexibility index (Phi) is 17.7. The topological polar surface area (TPSA) is 113 Å². The van der Waals surface area contributed by atoms with Crippen molar-refractivity contribution in [1.82, 2.24) is 39.0 Å². The monoisotopic (exact) mass is 1840 g/mol. The lowest BCUT2D eigenvalue weighted by molar-refractivity contribution is 0.668. The lowest BCUT2D eigenvalue weighted by atomic mass is 9.94. The van der Waals surface area contributed by atoms with Crippen molar-refractivity contribution in [3.63, 3.8) is 0 Å². The molecule has 30 rings (SSSR count). The van der Waals surface area contributed by atoms with E-state index in [0.29, 0.717) is 40.5 Å². The van der Waals surface area contributed by atoms with Crippen molar-refractivity contribution in [3.05, 3.63) is 449 Å². The third-order valence-corrected chi connectivity index (χ3v) is 31.3. The third-order valence-electron chi connectivity index (χ3n) is 29.0. The van der Waals surface area contributed by atoms with Gasteiger partial charge in [-0.1, -0.05) is 315 Å². The van der Waals surface area contributed by atoms with Gasteiger partial charge in [0.05, 0.1) is 22.1 Å². The van der Waals surface area contributed by atoms with Gasteiger partial charge in [0.1, 0.15) is 22.3 Å². The molecule has 8 heterocycles. The normalized spacial score (nSPS) is 12.1. The molecule has 0 N–H and O–H groups in total. The molecule has 142 heavy (non-hydrogen) atoms. The van der Waals surface area contributed by atoms with Gasteiger partial charge in [0.25, 0.3) is 0 Å². The molecule has 10 nitrogen and oxygen atoms in total. The number of aromatic nitrogens is 8. The summed E-state index contributed by atoms with van der Waals surface area (Å²) in [7, 11) is 0. The van der Waals surface area contributed by atoms with Crippen molar-refractivity contribution in [1.29, 1.82) is 0 Å². The number of hydrogen-bond donors (Lipinski definition) is 0. The van der Waals surface area contributed by atoms with Crippen LogP contribution in [0.25, 0.3) is 306 Å². The first-order valence-corrected chi connectivity index (χ1v) is 49.5. The standard InChI is InChI=1S/C130H74N8O2S2/c1-3-23-75(24-4-1)77-47-51-80(52-48-77)125-131-126(81-53-49-78(50-54-81)76-25-5-2-6-26-76)133-127(132-125)95-62-59-90(73-102(95)93-36-21-45-117-123(93)98-34-14-17-43-115(98)141-117)138-108-65-57-88-67-86(55-61-92(88)120(108)105-69-83-29-8-10-31-85(83)72-110(105)138)87-58-66-112-106(70-87)122-101(39-20-42-114(122)140-112)130-135-128(134-129(136-130)100-38-19-41-113-121(100)97-33-13-16-40-111(97)139-113)96-63-60-89(74-103(96)94-37-22-46-118-124(94)99-35-15-18-44-116(99)142-118)137-107-64-56-79-27-11-12-32-91(79)119(107)104-68-82-28-7-9-30-84(82)71-109(104)137/h1-74H. The molecule has 0 amide bonds. The number of benzene rings is 22. The second-order valence-corrected chi connectivity index (χ2v) is 39.1. The zero-order valence-electron chi connectivity index (χ0n) is 75.9. The molecule has 0 fully saturated rings. The third kappa shape index (κ3) is 12.7. The van der Waals surface area contributed by atoms with E-state index >= 15 is 0 Å². The SMILES string of the molecule is c1ccc(-c2ccc(-c3nc(-c4ccc(-c5ccccc5)cc4)nc(-c4ccc(-n5c6cc7ccccc7cc6c6c7ccc(-c8ccc9oc%10cccc(-c%11nc(-c%12ccc(-n%13c%14cc%15ccccc%15cc%14c%14c%15ccccc%15ccc%14%13)cc%12-c%12cccc%13sc%14ccccc%14c%12%13)nc(-c%12cccc%13oc%14ccccc%14c%12%13)n%11)c%10c9c8)cc7ccc65)cc4-c4cccc5sc6ccccc6c45)n3)cc2)cc1. The molecule has 0 spiro atoms. The molecule has 8 aromatic heterocycles. The van der Waals surface area contributed by atoms with Gasteiger partial charge in [0, 0.05) is 128 Å². The molecule has 12 heteroatoms. The van der Waals surface area contributed by atoms with Crippen LogP contribution in [0.4, 0.5) is 0 Å². The van der Waals surface area contributed by atoms with Gasteiger partial charge in [-0.3, -0.25) is 0 Å². The average Bonchev–Trinajstić information content (AvgIpc) is 1.55. The van der Waals surface area contributed by atoms with Crippen molar-refractivity contribution in [2.75, 3.05) is 0 Å². The van der Waals surface area contributed by atoms with Crippen molar-refractivity contribution in [3.8, 4) is 135 Å². The van der Waals surface area contributed by atoms with E-state index in [1.807, 2.05) is 46.9 Å². The summed E-state index contributed by atoms with van der Waals surface area (Å²) >= 11 is 3.63. The highest BCUT2D eigenvalue weighted by Gasteiger charge is 2.29. The Morgan fingerprint density at radius 2 is 0.528 bits per heavy atom. The molecule has 0 unspecified atom stereocenters. The molecule has 0 atom stereocenters. The minimum atomic E-state index is 0.495. The van der Waals surface area contributed by atoms with Gasteiger partial charge >= 0.3 is 0 Å². The van der Waals surface area contributed by atoms with Crippen LogP contribution in [-0.4, -0.2) is 39.0 Å². The van der Waals surface area contributed by atoms with Crippen LogP contribution >= 0.6 is 22.7 Å². The van der Waals surface area contributed by atoms with E-state index < -0.39 is 0 Å². The molecule has 0 saturated heterocycles. The van der Waals surface area contributed by atoms with Crippen molar-refractivity contribution < 1.29 is 8.83 Å². The zero-order valence-corrected chi connectivity index (χ0v) is 77.6. The summed E-state index contributed by atoms with van der Waals surface area (Å²) in [5, 5.41) is 22.5. The number of furan rings is 2. The predicted octanol–water partition coefficient (Wildman–Crippen LogP) is 35.7. The van der Waals surface area contributed by atoms with Crippen molar-refractivity contribution in [2.24, 2.45) is 0 Å². The average molecular weight is 1840 g/mol. The fourth-order valence-corrected chi connectivity index (χ4v) is 24.7. The molecular formula is C130H74N8O2S2. The first-order valence-electron chi connectivity index (χ1n) is 47.9. The van der Waals surface area contributed by atoms with Crippen LogP contribution < -0.4 is 0 Å². The van der Waals surface area contributed by atoms with E-state index in [2.05, 4.69) is 434 Å². The largest absolute Gasteiger partial charge is 0.456 e. The van der Waals surface area contributed by atoms with E-state index in [1.54, 1.807) is 0 Å². The first kappa shape index (κ1) is 79.7. The maximum Gasteiger partial charge on any atom is 0.164 e. The molecule has 30 aromatic rings. The maximum atomic E-state index is 7.03. The molecule has 658 valence electrons. The number of rotatable bonds is 13. The molecular weight excluding hydrogens is 1770 g/mol. The Balaban J connectivity index is 0.589. The zero-order chi connectivity index (χ0) is 92.9. The Bertz CT molecular complexity index is 10500. The van der Waals surface area contributed by atoms with Crippen LogP contribution in [0.1, 0.15) is 0 Å². The highest BCUT2D eigenvalue weighted by atomic mass is 32.1. The number of nitrogens with zero attached hydrogens (tertiary/aromatic N) is 8. The van der Waals surface area contributed by atoms with Gasteiger partial charge in [0.2, 0.25) is 0 Å². The van der Waals surface area contributed by atoms with Gasteiger partial charge in [-0.2, -0.15) is 0 Å². The van der Waals surface area contributed by atoms with Crippen LogP contribution in [-0.2, 0) is 0 Å². The van der Waals surface area contributed by atoms with Crippen LogP contribution in [0.15, 0.2) is 458 Å². The fraction of sp³-hybridized carbons (Fsp3) is 0. The van der Waals surface area contributed by atoms with Gasteiger partial charge in [-0.25, -0.2) is 29.9 Å². The summed E-state index contributed by atoms with van der Waals surface area (Å²) in [6, 6.07) is 162. The predicted molar refractivity (Wildman–Crippen MR) is 592 cm³/mol. The van der Waals surface area contributed by atoms with Crippen LogP contribution in [0.3, 0.4) is 0 Å². The maximum absolute atomic E-state index is 7.03. The van der Waals surface area contributed by atoms with Gasteiger partial charge in [0.15, 0.2) is 34.9 Å².